The standard InChI is InChI=1S/C15H26N6O/c1-10(2)9-11(18-14(22)15(16)4-5-15)13-20-19-12-3-6-17-7-8-21(12)13/h10-11,17H,3-9,16H2,1-2H3,(H,18,22). The number of rotatable bonds is 5. The minimum Gasteiger partial charge on any atom is -0.344 e. The van der Waals surface area contributed by atoms with Gasteiger partial charge in [-0.15, -0.1) is 10.2 Å². The number of nitrogens with zero attached hydrogens (tertiary/aromatic N) is 3. The minimum atomic E-state index is -0.654. The van der Waals surface area contributed by atoms with Gasteiger partial charge in [0.2, 0.25) is 5.91 Å². The van der Waals surface area contributed by atoms with Gasteiger partial charge in [-0.05, 0) is 25.2 Å². The molecule has 0 radical (unpaired) electrons. The second-order valence-corrected chi connectivity index (χ2v) is 6.94. The monoisotopic (exact) mass is 306 g/mol. The highest BCUT2D eigenvalue weighted by Gasteiger charge is 2.46. The fourth-order valence-corrected chi connectivity index (χ4v) is 2.92. The molecular weight excluding hydrogens is 280 g/mol. The average molecular weight is 306 g/mol. The summed E-state index contributed by atoms with van der Waals surface area (Å²) in [5.41, 5.74) is 5.37. The molecule has 122 valence electrons. The maximum atomic E-state index is 12.3. The Morgan fingerprint density at radius 1 is 1.41 bits per heavy atom. The van der Waals surface area contributed by atoms with Gasteiger partial charge < -0.3 is 20.9 Å². The van der Waals surface area contributed by atoms with E-state index in [4.69, 9.17) is 5.73 Å². The molecule has 0 aromatic carbocycles. The topological polar surface area (TPSA) is 97.9 Å². The van der Waals surface area contributed by atoms with E-state index in [1.165, 1.54) is 0 Å². The summed E-state index contributed by atoms with van der Waals surface area (Å²) in [6.07, 6.45) is 3.26. The van der Waals surface area contributed by atoms with Crippen LogP contribution >= 0.6 is 0 Å². The Morgan fingerprint density at radius 2 is 2.18 bits per heavy atom. The number of fused-ring (bicyclic) bond motifs is 1. The molecule has 0 saturated heterocycles. The molecule has 1 aliphatic heterocycles. The van der Waals surface area contributed by atoms with Crippen LogP contribution in [0.3, 0.4) is 0 Å². The number of hydrogen-bond acceptors (Lipinski definition) is 5. The van der Waals surface area contributed by atoms with E-state index in [-0.39, 0.29) is 11.9 Å². The number of carbonyl (C=O) groups is 1. The largest absolute Gasteiger partial charge is 0.344 e. The molecule has 1 fully saturated rings. The summed E-state index contributed by atoms with van der Waals surface area (Å²) in [4.78, 5) is 12.3. The van der Waals surface area contributed by atoms with E-state index in [0.29, 0.717) is 5.92 Å². The third-order valence-electron chi connectivity index (χ3n) is 4.46. The van der Waals surface area contributed by atoms with Crippen molar-refractivity contribution >= 4 is 5.91 Å². The van der Waals surface area contributed by atoms with Gasteiger partial charge >= 0.3 is 0 Å². The molecular formula is C15H26N6O. The molecule has 1 aromatic heterocycles. The third kappa shape index (κ3) is 3.15. The number of nitrogens with one attached hydrogen (secondary N) is 2. The van der Waals surface area contributed by atoms with Crippen LogP contribution in [-0.2, 0) is 17.8 Å². The first kappa shape index (κ1) is 15.4. The predicted molar refractivity (Wildman–Crippen MR) is 83.1 cm³/mol. The van der Waals surface area contributed by atoms with Crippen LogP contribution in [0.5, 0.6) is 0 Å². The Morgan fingerprint density at radius 3 is 2.86 bits per heavy atom. The number of nitrogens with two attached hydrogens (primary N) is 1. The fourth-order valence-electron chi connectivity index (χ4n) is 2.92. The van der Waals surface area contributed by atoms with Gasteiger partial charge in [0.25, 0.3) is 0 Å². The molecule has 7 nitrogen and oxygen atoms in total. The molecule has 2 heterocycles. The second-order valence-electron chi connectivity index (χ2n) is 6.94. The van der Waals surface area contributed by atoms with Crippen LogP contribution in [0.4, 0.5) is 0 Å². The highest BCUT2D eigenvalue weighted by atomic mass is 16.2. The number of aromatic nitrogens is 3. The van der Waals surface area contributed by atoms with Crippen molar-refractivity contribution in [3.05, 3.63) is 11.6 Å². The molecule has 0 spiro atoms. The van der Waals surface area contributed by atoms with Crippen LogP contribution in [0, 0.1) is 5.92 Å². The second kappa shape index (κ2) is 5.96. The van der Waals surface area contributed by atoms with Gasteiger partial charge in [0.1, 0.15) is 5.82 Å². The van der Waals surface area contributed by atoms with Crippen LogP contribution in [0.25, 0.3) is 0 Å². The summed E-state index contributed by atoms with van der Waals surface area (Å²) in [7, 11) is 0. The Labute approximate surface area is 131 Å². The summed E-state index contributed by atoms with van der Waals surface area (Å²) in [6.45, 7) is 6.97. The molecule has 22 heavy (non-hydrogen) atoms. The fraction of sp³-hybridized carbons (Fsp3) is 0.800. The smallest absolute Gasteiger partial charge is 0.240 e. The Hall–Kier alpha value is -1.47. The van der Waals surface area contributed by atoms with Crippen LogP contribution in [-0.4, -0.2) is 39.3 Å². The molecule has 7 heteroatoms. The highest BCUT2D eigenvalue weighted by Crippen LogP contribution is 2.33. The van der Waals surface area contributed by atoms with E-state index in [9.17, 15) is 4.79 Å². The van der Waals surface area contributed by atoms with E-state index in [2.05, 4.69) is 39.2 Å². The molecule has 1 saturated carbocycles. The zero-order valence-electron chi connectivity index (χ0n) is 13.4. The average Bonchev–Trinajstić information content (AvgIpc) is 3.16. The van der Waals surface area contributed by atoms with Crippen molar-refractivity contribution in [3.8, 4) is 0 Å². The summed E-state index contributed by atoms with van der Waals surface area (Å²) < 4.78 is 2.16. The van der Waals surface area contributed by atoms with Crippen LogP contribution in [0.2, 0.25) is 0 Å². The molecule has 2 aliphatic rings. The first-order valence-corrected chi connectivity index (χ1v) is 8.22. The van der Waals surface area contributed by atoms with Crippen molar-refractivity contribution in [2.45, 2.75) is 57.7 Å². The lowest BCUT2D eigenvalue weighted by Crippen LogP contribution is -2.45. The normalized spacial score (nSPS) is 21.1. The lowest BCUT2D eigenvalue weighted by Gasteiger charge is -2.22. The maximum absolute atomic E-state index is 12.3. The Kier molecular flexibility index (Phi) is 4.18. The van der Waals surface area contributed by atoms with Gasteiger partial charge in [0.05, 0.1) is 11.6 Å². The first-order valence-electron chi connectivity index (χ1n) is 8.22. The zero-order chi connectivity index (χ0) is 15.7. The van der Waals surface area contributed by atoms with Crippen molar-refractivity contribution in [3.63, 3.8) is 0 Å². The number of carbonyl (C=O) groups excluding carboxylic acids is 1. The van der Waals surface area contributed by atoms with E-state index < -0.39 is 5.54 Å². The summed E-state index contributed by atoms with van der Waals surface area (Å²) in [5, 5.41) is 15.2. The highest BCUT2D eigenvalue weighted by molar-refractivity contribution is 5.89. The van der Waals surface area contributed by atoms with E-state index in [1.54, 1.807) is 0 Å². The van der Waals surface area contributed by atoms with Crippen molar-refractivity contribution in [1.82, 2.24) is 25.4 Å². The van der Waals surface area contributed by atoms with Crippen LogP contribution in [0.15, 0.2) is 0 Å². The quantitative estimate of drug-likeness (QED) is 0.718. The molecule has 1 unspecified atom stereocenters. The van der Waals surface area contributed by atoms with Gasteiger partial charge in [-0.3, -0.25) is 4.79 Å². The third-order valence-corrected chi connectivity index (χ3v) is 4.46. The SMILES string of the molecule is CC(C)CC(NC(=O)C1(N)CC1)c1nnc2n1CCNCC2. The molecule has 1 aromatic rings. The lowest BCUT2D eigenvalue weighted by molar-refractivity contribution is -0.124. The minimum absolute atomic E-state index is 0.0535. The number of hydrogen-bond donors (Lipinski definition) is 3. The Balaban J connectivity index is 1.82. The molecule has 0 bridgehead atoms. The lowest BCUT2D eigenvalue weighted by atomic mass is 10.0. The first-order chi connectivity index (χ1) is 10.5. The molecule has 1 amide bonds. The van der Waals surface area contributed by atoms with E-state index >= 15 is 0 Å². The number of amides is 1. The summed E-state index contributed by atoms with van der Waals surface area (Å²) in [5.74, 6) is 2.26. The van der Waals surface area contributed by atoms with Crippen LogP contribution < -0.4 is 16.4 Å². The van der Waals surface area contributed by atoms with Gasteiger partial charge in [-0.1, -0.05) is 13.8 Å². The van der Waals surface area contributed by atoms with Crippen molar-refractivity contribution < 1.29 is 4.79 Å². The van der Waals surface area contributed by atoms with Crippen molar-refractivity contribution in [2.75, 3.05) is 13.1 Å². The van der Waals surface area contributed by atoms with Gasteiger partial charge in [0.15, 0.2) is 5.82 Å². The summed E-state index contributed by atoms with van der Waals surface area (Å²) in [6, 6.07) is -0.118. The van der Waals surface area contributed by atoms with Crippen LogP contribution in [0.1, 0.15) is 50.8 Å². The van der Waals surface area contributed by atoms with Gasteiger partial charge in [-0.2, -0.15) is 0 Å². The summed E-state index contributed by atoms with van der Waals surface area (Å²) >= 11 is 0. The molecule has 3 rings (SSSR count). The van der Waals surface area contributed by atoms with E-state index in [0.717, 1.165) is 57.0 Å². The van der Waals surface area contributed by atoms with E-state index in [1.807, 2.05) is 0 Å². The van der Waals surface area contributed by atoms with Crippen molar-refractivity contribution in [2.24, 2.45) is 11.7 Å². The molecule has 1 aliphatic carbocycles. The Bertz CT molecular complexity index is 548. The van der Waals surface area contributed by atoms with Gasteiger partial charge in [0, 0.05) is 26.1 Å². The maximum Gasteiger partial charge on any atom is 0.240 e. The van der Waals surface area contributed by atoms with Gasteiger partial charge in [-0.25, -0.2) is 0 Å². The zero-order valence-corrected chi connectivity index (χ0v) is 13.4. The molecule has 1 atom stereocenters. The van der Waals surface area contributed by atoms with Crippen molar-refractivity contribution in [1.29, 1.82) is 0 Å². The molecule has 4 N–H and O–H groups in total. The predicted octanol–water partition coefficient (Wildman–Crippen LogP) is 0.119.